The Kier molecular flexibility index (Phi) is 5.62. The lowest BCUT2D eigenvalue weighted by Gasteiger charge is -2.11. The van der Waals surface area contributed by atoms with Crippen molar-refractivity contribution < 1.29 is 29.4 Å². The molecule has 1 fully saturated rings. The van der Waals surface area contributed by atoms with Gasteiger partial charge in [-0.05, 0) is 36.0 Å². The summed E-state index contributed by atoms with van der Waals surface area (Å²) in [5.74, 6) is -2.74. The predicted octanol–water partition coefficient (Wildman–Crippen LogP) is 1.39. The van der Waals surface area contributed by atoms with Crippen LogP contribution < -0.4 is 5.32 Å². The first kappa shape index (κ1) is 18.0. The average Bonchev–Trinajstić information content (AvgIpc) is 2.76. The minimum atomic E-state index is -1.23. The molecule has 0 spiro atoms. The van der Waals surface area contributed by atoms with E-state index in [4.69, 9.17) is 5.11 Å². The number of halogens is 1. The fourth-order valence-electron chi connectivity index (χ4n) is 1.79. The Morgan fingerprint density at radius 3 is 2.71 bits per heavy atom. The molecule has 0 atom stereocenters. The maximum absolute atomic E-state index is 12.2. The van der Waals surface area contributed by atoms with Crippen molar-refractivity contribution in [3.05, 3.63) is 33.1 Å². The van der Waals surface area contributed by atoms with E-state index < -0.39 is 36.1 Å². The van der Waals surface area contributed by atoms with Crippen LogP contribution >= 0.6 is 27.7 Å². The van der Waals surface area contributed by atoms with Crippen LogP contribution in [0.5, 0.6) is 5.75 Å². The number of aliphatic carboxylic acids is 1. The average molecular weight is 415 g/mol. The van der Waals surface area contributed by atoms with E-state index in [1.165, 1.54) is 12.1 Å². The number of aromatic hydroxyl groups is 1. The van der Waals surface area contributed by atoms with E-state index in [0.29, 0.717) is 26.7 Å². The lowest BCUT2D eigenvalue weighted by molar-refractivity contribution is -0.138. The highest BCUT2D eigenvalue weighted by atomic mass is 79.9. The van der Waals surface area contributed by atoms with Gasteiger partial charge in [0.1, 0.15) is 18.8 Å². The van der Waals surface area contributed by atoms with Crippen LogP contribution in [0.2, 0.25) is 0 Å². The number of phenolic OH excluding ortho intramolecular Hbond substituents is 1. The SMILES string of the molecule is O=C(O)CNC(=O)CN1C(=O)S/C(=C\c2cc(Br)ccc2O)C1=O. The van der Waals surface area contributed by atoms with Crippen molar-refractivity contribution in [3.8, 4) is 5.75 Å². The van der Waals surface area contributed by atoms with E-state index in [1.54, 1.807) is 12.1 Å². The molecule has 126 valence electrons. The summed E-state index contributed by atoms with van der Waals surface area (Å²) in [6.07, 6.45) is 1.35. The number of thioether (sulfide) groups is 1. The molecule has 1 aromatic rings. The van der Waals surface area contributed by atoms with E-state index >= 15 is 0 Å². The number of carbonyl (C=O) groups is 4. The summed E-state index contributed by atoms with van der Waals surface area (Å²) in [6, 6.07) is 4.62. The van der Waals surface area contributed by atoms with Crippen LogP contribution in [-0.4, -0.2) is 51.2 Å². The summed E-state index contributed by atoms with van der Waals surface area (Å²) in [5, 5.41) is 19.7. The fourth-order valence-corrected chi connectivity index (χ4v) is 3.00. The fraction of sp³-hybridized carbons (Fsp3) is 0.143. The highest BCUT2D eigenvalue weighted by molar-refractivity contribution is 9.10. The van der Waals surface area contributed by atoms with Crippen molar-refractivity contribution >= 4 is 56.8 Å². The van der Waals surface area contributed by atoms with Gasteiger partial charge in [0.05, 0.1) is 4.91 Å². The normalized spacial score (nSPS) is 15.9. The van der Waals surface area contributed by atoms with Crippen molar-refractivity contribution in [1.29, 1.82) is 0 Å². The smallest absolute Gasteiger partial charge is 0.322 e. The van der Waals surface area contributed by atoms with Gasteiger partial charge >= 0.3 is 5.97 Å². The molecular weight excluding hydrogens is 404 g/mol. The van der Waals surface area contributed by atoms with Crippen LogP contribution in [0.25, 0.3) is 6.08 Å². The van der Waals surface area contributed by atoms with E-state index in [0.717, 1.165) is 0 Å². The van der Waals surface area contributed by atoms with Crippen molar-refractivity contribution in [1.82, 2.24) is 10.2 Å². The molecule has 0 saturated carbocycles. The number of carboxylic acid groups (broad SMARTS) is 1. The maximum Gasteiger partial charge on any atom is 0.322 e. The van der Waals surface area contributed by atoms with Crippen molar-refractivity contribution in [3.63, 3.8) is 0 Å². The maximum atomic E-state index is 12.2. The zero-order chi connectivity index (χ0) is 17.9. The largest absolute Gasteiger partial charge is 0.507 e. The highest BCUT2D eigenvalue weighted by Gasteiger charge is 2.36. The number of nitrogens with one attached hydrogen (secondary N) is 1. The molecule has 1 aliphatic rings. The Morgan fingerprint density at radius 1 is 1.33 bits per heavy atom. The molecule has 1 aromatic carbocycles. The lowest BCUT2D eigenvalue weighted by Crippen LogP contribution is -2.41. The van der Waals surface area contributed by atoms with Gasteiger partial charge < -0.3 is 15.5 Å². The number of nitrogens with zero attached hydrogens (tertiary/aromatic N) is 1. The van der Waals surface area contributed by atoms with Crippen molar-refractivity contribution in [2.45, 2.75) is 0 Å². The number of hydrogen-bond acceptors (Lipinski definition) is 6. The van der Waals surface area contributed by atoms with Gasteiger partial charge in [-0.1, -0.05) is 15.9 Å². The summed E-state index contributed by atoms with van der Waals surface area (Å²) in [5.41, 5.74) is 0.338. The van der Waals surface area contributed by atoms with Gasteiger partial charge in [0, 0.05) is 10.0 Å². The second-order valence-corrected chi connectivity index (χ2v) is 6.55. The molecule has 0 unspecified atom stereocenters. The van der Waals surface area contributed by atoms with Gasteiger partial charge in [-0.2, -0.15) is 0 Å². The van der Waals surface area contributed by atoms with Gasteiger partial charge in [0.25, 0.3) is 11.1 Å². The first-order chi connectivity index (χ1) is 11.3. The number of carbonyl (C=O) groups excluding carboxylic acids is 3. The number of imide groups is 1. The summed E-state index contributed by atoms with van der Waals surface area (Å²) in [6.45, 7) is -1.17. The third-order valence-electron chi connectivity index (χ3n) is 2.89. The van der Waals surface area contributed by atoms with Crippen LogP contribution in [0, 0.1) is 0 Å². The molecule has 1 saturated heterocycles. The van der Waals surface area contributed by atoms with Crippen LogP contribution in [0.3, 0.4) is 0 Å². The number of amides is 3. The molecule has 0 aromatic heterocycles. The molecule has 8 nitrogen and oxygen atoms in total. The van der Waals surface area contributed by atoms with E-state index in [9.17, 15) is 24.3 Å². The third-order valence-corrected chi connectivity index (χ3v) is 4.29. The van der Waals surface area contributed by atoms with E-state index in [2.05, 4.69) is 21.2 Å². The molecule has 1 heterocycles. The molecule has 2 rings (SSSR count). The zero-order valence-corrected chi connectivity index (χ0v) is 14.4. The Labute approximate surface area is 148 Å². The van der Waals surface area contributed by atoms with E-state index in [1.807, 2.05) is 0 Å². The van der Waals surface area contributed by atoms with Gasteiger partial charge in [0.15, 0.2) is 0 Å². The van der Waals surface area contributed by atoms with Gasteiger partial charge in [-0.25, -0.2) is 0 Å². The topological polar surface area (TPSA) is 124 Å². The van der Waals surface area contributed by atoms with Crippen LogP contribution in [0.15, 0.2) is 27.6 Å². The minimum absolute atomic E-state index is 0.0550. The Balaban J connectivity index is 2.13. The predicted molar refractivity (Wildman–Crippen MR) is 89.1 cm³/mol. The van der Waals surface area contributed by atoms with Crippen LogP contribution in [-0.2, 0) is 14.4 Å². The summed E-state index contributed by atoms with van der Waals surface area (Å²) >= 11 is 3.87. The Morgan fingerprint density at radius 2 is 2.04 bits per heavy atom. The first-order valence-corrected chi connectivity index (χ1v) is 8.11. The van der Waals surface area contributed by atoms with Crippen LogP contribution in [0.4, 0.5) is 4.79 Å². The second-order valence-electron chi connectivity index (χ2n) is 4.64. The monoisotopic (exact) mass is 414 g/mol. The highest BCUT2D eigenvalue weighted by Crippen LogP contribution is 2.34. The summed E-state index contributed by atoms with van der Waals surface area (Å²) < 4.78 is 0.679. The Bertz CT molecular complexity index is 764. The molecule has 0 aliphatic carbocycles. The summed E-state index contributed by atoms with van der Waals surface area (Å²) in [7, 11) is 0. The number of carboxylic acids is 1. The van der Waals surface area contributed by atoms with Crippen LogP contribution in [0.1, 0.15) is 5.56 Å². The second kappa shape index (κ2) is 7.49. The molecule has 10 heteroatoms. The lowest BCUT2D eigenvalue weighted by atomic mass is 10.2. The quantitative estimate of drug-likeness (QED) is 0.621. The van der Waals surface area contributed by atoms with Crippen molar-refractivity contribution in [2.24, 2.45) is 0 Å². The zero-order valence-electron chi connectivity index (χ0n) is 12.0. The standard InChI is InChI=1S/C14H11BrN2O6S/c15-8-1-2-9(18)7(3-8)4-10-13(22)17(14(23)24-10)6-11(19)16-5-12(20)21/h1-4,18H,5-6H2,(H,16,19)(H,20,21)/b10-4-. The van der Waals surface area contributed by atoms with E-state index in [-0.39, 0.29) is 10.7 Å². The number of benzene rings is 1. The van der Waals surface area contributed by atoms with Gasteiger partial charge in [-0.3, -0.25) is 24.1 Å². The molecule has 0 radical (unpaired) electrons. The Hall–Kier alpha value is -2.33. The first-order valence-electron chi connectivity index (χ1n) is 6.50. The van der Waals surface area contributed by atoms with Crippen molar-refractivity contribution in [2.75, 3.05) is 13.1 Å². The molecule has 3 amide bonds. The molecule has 1 aliphatic heterocycles. The number of rotatable bonds is 5. The minimum Gasteiger partial charge on any atom is -0.507 e. The van der Waals surface area contributed by atoms with Gasteiger partial charge in [0.2, 0.25) is 5.91 Å². The number of phenols is 1. The molecule has 24 heavy (non-hydrogen) atoms. The molecular formula is C14H11BrN2O6S. The molecule has 0 bridgehead atoms. The number of hydrogen-bond donors (Lipinski definition) is 3. The van der Waals surface area contributed by atoms with Gasteiger partial charge in [-0.15, -0.1) is 0 Å². The molecule has 3 N–H and O–H groups in total. The summed E-state index contributed by atoms with van der Waals surface area (Å²) in [4.78, 5) is 46.8. The third kappa shape index (κ3) is 4.36.